The Morgan fingerprint density at radius 1 is 1.44 bits per heavy atom. The molecule has 0 aromatic heterocycles. The molecule has 98 valence electrons. The lowest BCUT2D eigenvalue weighted by atomic mass is 9.93. The zero-order chi connectivity index (χ0) is 13.1. The molecule has 3 heteroatoms. The molecule has 18 heavy (non-hydrogen) atoms. The molecule has 0 radical (unpaired) electrons. The van der Waals surface area contributed by atoms with Crippen LogP contribution >= 0.6 is 11.6 Å². The number of nitrogens with zero attached hydrogens (tertiary/aromatic N) is 1. The SMILES string of the molecule is CC1CCN(CC(=O)c2cccc(Cl)c2)C(C)C1. The molecular weight excluding hydrogens is 246 g/mol. The van der Waals surface area contributed by atoms with E-state index < -0.39 is 0 Å². The predicted molar refractivity (Wildman–Crippen MR) is 75.2 cm³/mol. The second kappa shape index (κ2) is 5.85. The minimum Gasteiger partial charge on any atom is -0.293 e. The largest absolute Gasteiger partial charge is 0.293 e. The molecule has 2 atom stereocenters. The van der Waals surface area contributed by atoms with Crippen LogP contribution in [-0.2, 0) is 0 Å². The Morgan fingerprint density at radius 2 is 2.22 bits per heavy atom. The molecular formula is C15H20ClNO. The van der Waals surface area contributed by atoms with Gasteiger partial charge in [0.25, 0.3) is 0 Å². The lowest BCUT2D eigenvalue weighted by Gasteiger charge is -2.35. The third-order valence-electron chi connectivity index (χ3n) is 3.77. The predicted octanol–water partition coefficient (Wildman–Crippen LogP) is 3.64. The van der Waals surface area contributed by atoms with Crippen LogP contribution < -0.4 is 0 Å². The summed E-state index contributed by atoms with van der Waals surface area (Å²) in [7, 11) is 0. The lowest BCUT2D eigenvalue weighted by Crippen LogP contribution is -2.43. The summed E-state index contributed by atoms with van der Waals surface area (Å²) in [6.07, 6.45) is 2.37. The Bertz CT molecular complexity index is 432. The third-order valence-corrected chi connectivity index (χ3v) is 4.00. The van der Waals surface area contributed by atoms with Gasteiger partial charge >= 0.3 is 0 Å². The molecule has 1 fully saturated rings. The molecule has 1 aliphatic rings. The molecule has 0 saturated carbocycles. The van der Waals surface area contributed by atoms with Crippen molar-refractivity contribution in [2.75, 3.05) is 13.1 Å². The smallest absolute Gasteiger partial charge is 0.176 e. The Labute approximate surface area is 114 Å². The summed E-state index contributed by atoms with van der Waals surface area (Å²) in [6, 6.07) is 7.71. The zero-order valence-electron chi connectivity index (χ0n) is 11.0. The van der Waals surface area contributed by atoms with Crippen molar-refractivity contribution >= 4 is 17.4 Å². The van der Waals surface area contributed by atoms with E-state index in [0.29, 0.717) is 23.2 Å². The van der Waals surface area contributed by atoms with Crippen molar-refractivity contribution in [3.63, 3.8) is 0 Å². The van der Waals surface area contributed by atoms with Crippen LogP contribution in [0.4, 0.5) is 0 Å². The van der Waals surface area contributed by atoms with Crippen molar-refractivity contribution < 1.29 is 4.79 Å². The van der Waals surface area contributed by atoms with Crippen LogP contribution in [0.25, 0.3) is 0 Å². The van der Waals surface area contributed by atoms with E-state index in [9.17, 15) is 4.79 Å². The van der Waals surface area contributed by atoms with Crippen molar-refractivity contribution in [2.24, 2.45) is 5.92 Å². The normalized spacial score (nSPS) is 25.1. The summed E-state index contributed by atoms with van der Waals surface area (Å²) in [5.41, 5.74) is 0.716. The van der Waals surface area contributed by atoms with E-state index in [2.05, 4.69) is 18.7 Å². The van der Waals surface area contributed by atoms with E-state index in [1.54, 1.807) is 12.1 Å². The molecule has 2 rings (SSSR count). The summed E-state index contributed by atoms with van der Waals surface area (Å²) in [5.74, 6) is 0.941. The Balaban J connectivity index is 1.99. The molecule has 2 nitrogen and oxygen atoms in total. The van der Waals surface area contributed by atoms with Crippen LogP contribution in [0.15, 0.2) is 24.3 Å². The first-order valence-electron chi connectivity index (χ1n) is 6.59. The number of Topliss-reactive ketones (excluding diaryl/α,β-unsaturated/α-hetero) is 1. The summed E-state index contributed by atoms with van der Waals surface area (Å²) in [6.45, 7) is 6.02. The van der Waals surface area contributed by atoms with E-state index in [1.807, 2.05) is 12.1 Å². The van der Waals surface area contributed by atoms with Gasteiger partial charge in [-0.3, -0.25) is 9.69 Å². The summed E-state index contributed by atoms with van der Waals surface area (Å²) < 4.78 is 0. The maximum atomic E-state index is 12.2. The number of rotatable bonds is 3. The monoisotopic (exact) mass is 265 g/mol. The first-order valence-corrected chi connectivity index (χ1v) is 6.97. The second-order valence-corrected chi connectivity index (χ2v) is 5.82. The number of carbonyl (C=O) groups excluding carboxylic acids is 1. The molecule has 0 spiro atoms. The summed E-state index contributed by atoms with van der Waals surface area (Å²) in [5, 5.41) is 0.626. The number of halogens is 1. The van der Waals surface area contributed by atoms with E-state index in [0.717, 1.165) is 12.5 Å². The van der Waals surface area contributed by atoms with Crippen molar-refractivity contribution in [1.29, 1.82) is 0 Å². The van der Waals surface area contributed by atoms with Gasteiger partial charge in [-0.1, -0.05) is 30.7 Å². The van der Waals surface area contributed by atoms with Gasteiger partial charge in [-0.05, 0) is 44.4 Å². The highest BCUT2D eigenvalue weighted by atomic mass is 35.5. The van der Waals surface area contributed by atoms with Crippen molar-refractivity contribution in [3.05, 3.63) is 34.9 Å². The Morgan fingerprint density at radius 3 is 2.89 bits per heavy atom. The number of ketones is 1. The Kier molecular flexibility index (Phi) is 4.41. The number of likely N-dealkylation sites (tertiary alicyclic amines) is 1. The van der Waals surface area contributed by atoms with Gasteiger partial charge in [0.2, 0.25) is 0 Å². The van der Waals surface area contributed by atoms with Crippen molar-refractivity contribution in [1.82, 2.24) is 4.90 Å². The number of hydrogen-bond acceptors (Lipinski definition) is 2. The average Bonchev–Trinajstić information content (AvgIpc) is 2.32. The number of benzene rings is 1. The molecule has 1 aliphatic heterocycles. The van der Waals surface area contributed by atoms with Crippen LogP contribution in [0.2, 0.25) is 5.02 Å². The second-order valence-electron chi connectivity index (χ2n) is 5.38. The van der Waals surface area contributed by atoms with E-state index in [1.165, 1.54) is 12.8 Å². The van der Waals surface area contributed by atoms with Gasteiger partial charge in [-0.15, -0.1) is 0 Å². The Hall–Kier alpha value is -0.860. The molecule has 1 aromatic rings. The molecule has 0 amide bonds. The van der Waals surface area contributed by atoms with Gasteiger partial charge in [0, 0.05) is 16.6 Å². The number of carbonyl (C=O) groups is 1. The van der Waals surface area contributed by atoms with Gasteiger partial charge in [0.1, 0.15) is 0 Å². The summed E-state index contributed by atoms with van der Waals surface area (Å²) >= 11 is 5.91. The minimum atomic E-state index is 0.166. The summed E-state index contributed by atoms with van der Waals surface area (Å²) in [4.78, 5) is 14.5. The fraction of sp³-hybridized carbons (Fsp3) is 0.533. The molecule has 1 heterocycles. The lowest BCUT2D eigenvalue weighted by molar-refractivity contribution is 0.0816. The van der Waals surface area contributed by atoms with Crippen molar-refractivity contribution in [2.45, 2.75) is 32.7 Å². The number of piperidine rings is 1. The first-order chi connectivity index (χ1) is 8.56. The van der Waals surface area contributed by atoms with Crippen LogP contribution in [-0.4, -0.2) is 29.8 Å². The fourth-order valence-electron chi connectivity index (χ4n) is 2.63. The van der Waals surface area contributed by atoms with Crippen LogP contribution in [0.3, 0.4) is 0 Å². The van der Waals surface area contributed by atoms with Gasteiger partial charge in [-0.25, -0.2) is 0 Å². The van der Waals surface area contributed by atoms with Gasteiger partial charge < -0.3 is 0 Å². The highest BCUT2D eigenvalue weighted by Gasteiger charge is 2.24. The van der Waals surface area contributed by atoms with Gasteiger partial charge in [-0.2, -0.15) is 0 Å². The molecule has 1 saturated heterocycles. The van der Waals surface area contributed by atoms with E-state index in [-0.39, 0.29) is 5.78 Å². The molecule has 1 aromatic carbocycles. The maximum absolute atomic E-state index is 12.2. The van der Waals surface area contributed by atoms with Crippen LogP contribution in [0, 0.1) is 5.92 Å². The van der Waals surface area contributed by atoms with Crippen LogP contribution in [0.1, 0.15) is 37.0 Å². The topological polar surface area (TPSA) is 20.3 Å². The van der Waals surface area contributed by atoms with Gasteiger partial charge in [0.05, 0.1) is 6.54 Å². The van der Waals surface area contributed by atoms with E-state index in [4.69, 9.17) is 11.6 Å². The van der Waals surface area contributed by atoms with Crippen molar-refractivity contribution in [3.8, 4) is 0 Å². The molecule has 0 bridgehead atoms. The highest BCUT2D eigenvalue weighted by molar-refractivity contribution is 6.31. The van der Waals surface area contributed by atoms with E-state index >= 15 is 0 Å². The van der Waals surface area contributed by atoms with Gasteiger partial charge in [0.15, 0.2) is 5.78 Å². The standard InChI is InChI=1S/C15H20ClNO/c1-11-6-7-17(12(2)8-11)10-15(18)13-4-3-5-14(16)9-13/h3-5,9,11-12H,6-8,10H2,1-2H3. The minimum absolute atomic E-state index is 0.166. The maximum Gasteiger partial charge on any atom is 0.176 e. The highest BCUT2D eigenvalue weighted by Crippen LogP contribution is 2.22. The number of hydrogen-bond donors (Lipinski definition) is 0. The molecule has 0 N–H and O–H groups in total. The third kappa shape index (κ3) is 3.33. The molecule has 0 aliphatic carbocycles. The first kappa shape index (κ1) is 13.6. The van der Waals surface area contributed by atoms with Crippen LogP contribution in [0.5, 0.6) is 0 Å². The quantitative estimate of drug-likeness (QED) is 0.778. The zero-order valence-corrected chi connectivity index (χ0v) is 11.8. The fourth-order valence-corrected chi connectivity index (χ4v) is 2.82. The average molecular weight is 266 g/mol. The molecule has 2 unspecified atom stereocenters.